The molecule has 4 rings (SSSR count). The van der Waals surface area contributed by atoms with Crippen LogP contribution in [0.2, 0.25) is 0 Å². The fraction of sp³-hybridized carbons (Fsp3) is 0.292. The second-order valence-corrected chi connectivity index (χ2v) is 8.64. The predicted octanol–water partition coefficient (Wildman–Crippen LogP) is 4.94. The number of nitrogens with one attached hydrogen (secondary N) is 1. The van der Waals surface area contributed by atoms with Gasteiger partial charge in [0.1, 0.15) is 12.4 Å². The predicted molar refractivity (Wildman–Crippen MR) is 125 cm³/mol. The van der Waals surface area contributed by atoms with Crippen molar-refractivity contribution in [3.63, 3.8) is 0 Å². The highest BCUT2D eigenvalue weighted by Gasteiger charge is 2.13. The lowest BCUT2D eigenvalue weighted by molar-refractivity contribution is 0.288. The molecule has 0 bridgehead atoms. The van der Waals surface area contributed by atoms with Gasteiger partial charge in [0.15, 0.2) is 16.4 Å². The van der Waals surface area contributed by atoms with E-state index in [1.165, 1.54) is 0 Å². The van der Waals surface area contributed by atoms with Gasteiger partial charge in [0.05, 0.1) is 5.52 Å². The minimum Gasteiger partial charge on any atom is -0.486 e. The number of thioether (sulfide) groups is 1. The van der Waals surface area contributed by atoms with Crippen molar-refractivity contribution in [1.82, 2.24) is 19.7 Å². The summed E-state index contributed by atoms with van der Waals surface area (Å²) >= 11 is 1.56. The Morgan fingerprint density at radius 1 is 1.06 bits per heavy atom. The zero-order valence-corrected chi connectivity index (χ0v) is 19.0. The third-order valence-corrected chi connectivity index (χ3v) is 6.18. The van der Waals surface area contributed by atoms with Crippen LogP contribution < -0.4 is 10.2 Å². The van der Waals surface area contributed by atoms with Crippen LogP contribution in [0.3, 0.4) is 0 Å². The lowest BCUT2D eigenvalue weighted by atomic mass is 10.1. The summed E-state index contributed by atoms with van der Waals surface area (Å²) in [7, 11) is 0. The first kappa shape index (κ1) is 21.2. The number of benzene rings is 2. The molecule has 0 radical (unpaired) electrons. The number of rotatable bonds is 7. The third-order valence-electron chi connectivity index (χ3n) is 5.16. The molecule has 0 aliphatic heterocycles. The smallest absolute Gasteiger partial charge is 0.191 e. The minimum atomic E-state index is 0.0420. The van der Waals surface area contributed by atoms with E-state index in [1.807, 2.05) is 55.7 Å². The van der Waals surface area contributed by atoms with Crippen LogP contribution in [0.5, 0.6) is 5.75 Å². The second-order valence-electron chi connectivity index (χ2n) is 7.70. The molecule has 0 atom stereocenters. The van der Waals surface area contributed by atoms with Crippen molar-refractivity contribution in [2.75, 3.05) is 0 Å². The quantitative estimate of drug-likeness (QED) is 0.417. The molecule has 4 aromatic rings. The van der Waals surface area contributed by atoms with Gasteiger partial charge >= 0.3 is 0 Å². The van der Waals surface area contributed by atoms with Gasteiger partial charge in [-0.2, -0.15) is 0 Å². The highest BCUT2D eigenvalue weighted by Crippen LogP contribution is 2.23. The molecule has 0 saturated heterocycles. The molecule has 6 nitrogen and oxygen atoms in total. The molecule has 0 saturated carbocycles. The number of aromatic nitrogens is 4. The van der Waals surface area contributed by atoms with Gasteiger partial charge in [0.25, 0.3) is 0 Å². The number of aryl methyl sites for hydroxylation is 3. The number of H-pyrrole nitrogens is 1. The van der Waals surface area contributed by atoms with E-state index in [0.29, 0.717) is 12.4 Å². The summed E-state index contributed by atoms with van der Waals surface area (Å²) in [6.45, 7) is 9.23. The van der Waals surface area contributed by atoms with Gasteiger partial charge < -0.3 is 14.3 Å². The average Bonchev–Trinajstić information content (AvgIpc) is 3.13. The van der Waals surface area contributed by atoms with E-state index in [2.05, 4.69) is 28.2 Å². The summed E-state index contributed by atoms with van der Waals surface area (Å²) in [5, 5.41) is 10.2. The Balaban J connectivity index is 1.50. The van der Waals surface area contributed by atoms with Crippen molar-refractivity contribution < 1.29 is 4.74 Å². The van der Waals surface area contributed by atoms with Crippen LogP contribution in [0.25, 0.3) is 10.9 Å². The normalized spacial score (nSPS) is 11.2. The molecule has 0 fully saturated rings. The van der Waals surface area contributed by atoms with E-state index in [4.69, 9.17) is 4.74 Å². The van der Waals surface area contributed by atoms with Gasteiger partial charge in [-0.05, 0) is 62.6 Å². The Morgan fingerprint density at radius 2 is 1.90 bits per heavy atom. The topological polar surface area (TPSA) is 72.8 Å². The molecule has 0 unspecified atom stereocenters. The number of pyridine rings is 1. The molecule has 2 heterocycles. The molecule has 160 valence electrons. The summed E-state index contributed by atoms with van der Waals surface area (Å²) in [6.07, 6.45) is 0. The molecule has 0 aliphatic carbocycles. The van der Waals surface area contributed by atoms with E-state index < -0.39 is 0 Å². The molecule has 0 spiro atoms. The second kappa shape index (κ2) is 8.98. The summed E-state index contributed by atoms with van der Waals surface area (Å²) in [5.41, 5.74) is 5.14. The van der Waals surface area contributed by atoms with Crippen LogP contribution >= 0.6 is 11.8 Å². The van der Waals surface area contributed by atoms with Crippen molar-refractivity contribution in [3.05, 3.63) is 80.9 Å². The standard InChI is InChI=1S/C24H26N4O2S/c1-5-28-22(13-30-19-8-6-7-15(2)10-19)26-27-24(28)31-14-18-12-21(29)20-11-16(3)9-17(4)23(20)25-18/h6-12H,5,13-14H2,1-4H3,(H,25,29). The van der Waals surface area contributed by atoms with Crippen molar-refractivity contribution in [2.24, 2.45) is 0 Å². The SMILES string of the molecule is CCn1c(COc2cccc(C)c2)nnc1SCc1cc(=O)c2cc(C)cc(C)c2[nH]1. The van der Waals surface area contributed by atoms with E-state index in [0.717, 1.165) is 56.6 Å². The highest BCUT2D eigenvalue weighted by atomic mass is 32.2. The molecule has 7 heteroatoms. The van der Waals surface area contributed by atoms with Crippen LogP contribution in [0.4, 0.5) is 0 Å². The maximum atomic E-state index is 12.6. The van der Waals surface area contributed by atoms with Crippen molar-refractivity contribution in [1.29, 1.82) is 0 Å². The molecule has 0 aliphatic rings. The van der Waals surface area contributed by atoms with Crippen LogP contribution in [-0.2, 0) is 18.9 Å². The zero-order chi connectivity index (χ0) is 22.0. The van der Waals surface area contributed by atoms with Gasteiger partial charge in [0.2, 0.25) is 0 Å². The number of fused-ring (bicyclic) bond motifs is 1. The summed E-state index contributed by atoms with van der Waals surface area (Å²) < 4.78 is 7.95. The van der Waals surface area contributed by atoms with Crippen molar-refractivity contribution in [2.45, 2.75) is 51.8 Å². The van der Waals surface area contributed by atoms with E-state index in [9.17, 15) is 4.79 Å². The first-order valence-electron chi connectivity index (χ1n) is 10.3. The summed E-state index contributed by atoms with van der Waals surface area (Å²) in [4.78, 5) is 16.0. The van der Waals surface area contributed by atoms with Crippen LogP contribution in [0.15, 0.2) is 52.4 Å². The number of nitrogens with zero attached hydrogens (tertiary/aromatic N) is 3. The Labute approximate surface area is 185 Å². The van der Waals surface area contributed by atoms with E-state index in [-0.39, 0.29) is 5.43 Å². The number of hydrogen-bond donors (Lipinski definition) is 1. The Morgan fingerprint density at radius 3 is 2.68 bits per heavy atom. The lowest BCUT2D eigenvalue weighted by Gasteiger charge is -2.10. The number of aromatic amines is 1. The van der Waals surface area contributed by atoms with Crippen molar-refractivity contribution >= 4 is 22.7 Å². The first-order valence-corrected chi connectivity index (χ1v) is 11.3. The van der Waals surface area contributed by atoms with Gasteiger partial charge in [-0.25, -0.2) is 0 Å². The fourth-order valence-corrected chi connectivity index (χ4v) is 4.61. The zero-order valence-electron chi connectivity index (χ0n) is 18.2. The van der Waals surface area contributed by atoms with Crippen LogP contribution in [-0.4, -0.2) is 19.7 Å². The van der Waals surface area contributed by atoms with Gasteiger partial charge in [0, 0.05) is 29.4 Å². The monoisotopic (exact) mass is 434 g/mol. The maximum Gasteiger partial charge on any atom is 0.191 e. The van der Waals surface area contributed by atoms with Gasteiger partial charge in [-0.1, -0.05) is 30.0 Å². The molecular formula is C24H26N4O2S. The van der Waals surface area contributed by atoms with Crippen LogP contribution in [0.1, 0.15) is 35.1 Å². The Kier molecular flexibility index (Phi) is 6.13. The lowest BCUT2D eigenvalue weighted by Crippen LogP contribution is -2.08. The van der Waals surface area contributed by atoms with Crippen molar-refractivity contribution in [3.8, 4) is 5.75 Å². The largest absolute Gasteiger partial charge is 0.486 e. The van der Waals surface area contributed by atoms with E-state index in [1.54, 1.807) is 17.8 Å². The van der Waals surface area contributed by atoms with Gasteiger partial charge in [-0.15, -0.1) is 10.2 Å². The molecule has 1 N–H and O–H groups in total. The maximum absolute atomic E-state index is 12.6. The molecule has 2 aromatic carbocycles. The fourth-order valence-electron chi connectivity index (χ4n) is 3.68. The van der Waals surface area contributed by atoms with Crippen LogP contribution in [0, 0.1) is 20.8 Å². The molecule has 2 aromatic heterocycles. The number of ether oxygens (including phenoxy) is 1. The molecule has 0 amide bonds. The third kappa shape index (κ3) is 4.66. The Hall–Kier alpha value is -3.06. The average molecular weight is 435 g/mol. The molecule has 31 heavy (non-hydrogen) atoms. The Bertz CT molecular complexity index is 1290. The highest BCUT2D eigenvalue weighted by molar-refractivity contribution is 7.98. The van der Waals surface area contributed by atoms with Gasteiger partial charge in [-0.3, -0.25) is 4.79 Å². The van der Waals surface area contributed by atoms with E-state index >= 15 is 0 Å². The summed E-state index contributed by atoms with van der Waals surface area (Å²) in [6, 6.07) is 13.7. The molecular weight excluding hydrogens is 408 g/mol. The minimum absolute atomic E-state index is 0.0420. The number of hydrogen-bond acceptors (Lipinski definition) is 5. The summed E-state index contributed by atoms with van der Waals surface area (Å²) in [5.74, 6) is 2.21. The first-order chi connectivity index (χ1) is 14.9.